The van der Waals surface area contributed by atoms with Crippen LogP contribution < -0.4 is 0 Å². The smallest absolute Gasteiger partial charge is 0.223 e. The van der Waals surface area contributed by atoms with E-state index in [0.29, 0.717) is 19.5 Å². The number of aliphatic hydroxyl groups is 1. The van der Waals surface area contributed by atoms with E-state index >= 15 is 0 Å². The lowest BCUT2D eigenvalue weighted by Crippen LogP contribution is -2.24. The summed E-state index contributed by atoms with van der Waals surface area (Å²) in [5.41, 5.74) is 2.22. The quantitative estimate of drug-likeness (QED) is 0.859. The third kappa shape index (κ3) is 1.99. The van der Waals surface area contributed by atoms with E-state index < -0.39 is 0 Å². The number of aromatic amines is 1. The number of nitrogens with one attached hydrogen (secondary N) is 1. The number of hydrogen-bond acceptors (Lipinski definition) is 2. The Morgan fingerprint density at radius 3 is 3.06 bits per heavy atom. The molecule has 18 heavy (non-hydrogen) atoms. The first-order valence-corrected chi connectivity index (χ1v) is 6.21. The maximum Gasteiger partial charge on any atom is 0.223 e. The predicted molar refractivity (Wildman–Crippen MR) is 68.9 cm³/mol. The fraction of sp³-hybridized carbons (Fsp3) is 0.357. The van der Waals surface area contributed by atoms with Crippen LogP contribution in [0, 0.1) is 5.92 Å². The molecule has 1 unspecified atom stereocenters. The second kappa shape index (κ2) is 4.46. The van der Waals surface area contributed by atoms with Gasteiger partial charge in [0.15, 0.2) is 0 Å². The van der Waals surface area contributed by atoms with Gasteiger partial charge in [0, 0.05) is 43.7 Å². The van der Waals surface area contributed by atoms with Crippen LogP contribution in [-0.2, 0) is 11.3 Å². The van der Waals surface area contributed by atoms with Gasteiger partial charge in [-0.1, -0.05) is 12.1 Å². The number of carbonyl (C=O) groups excluding carboxylic acids is 1. The molecule has 1 saturated heterocycles. The van der Waals surface area contributed by atoms with Crippen molar-refractivity contribution in [3.05, 3.63) is 36.0 Å². The van der Waals surface area contributed by atoms with Crippen LogP contribution in [0.5, 0.6) is 0 Å². The van der Waals surface area contributed by atoms with Crippen LogP contribution in [0.25, 0.3) is 10.9 Å². The Kier molecular flexibility index (Phi) is 2.80. The number of aliphatic hydroxyl groups excluding tert-OH is 1. The fourth-order valence-corrected chi connectivity index (χ4v) is 2.54. The van der Waals surface area contributed by atoms with Gasteiger partial charge in [0.05, 0.1) is 0 Å². The molecule has 0 bridgehead atoms. The third-order valence-electron chi connectivity index (χ3n) is 3.55. The number of likely N-dealkylation sites (tertiary alicyclic amines) is 1. The van der Waals surface area contributed by atoms with E-state index in [-0.39, 0.29) is 18.4 Å². The van der Waals surface area contributed by atoms with Crippen LogP contribution in [0.2, 0.25) is 0 Å². The van der Waals surface area contributed by atoms with Crippen LogP contribution in [0.1, 0.15) is 12.0 Å². The van der Waals surface area contributed by atoms with Gasteiger partial charge in [-0.3, -0.25) is 4.79 Å². The largest absolute Gasteiger partial charge is 0.396 e. The van der Waals surface area contributed by atoms with E-state index in [9.17, 15) is 4.79 Å². The van der Waals surface area contributed by atoms with Crippen LogP contribution in [0.3, 0.4) is 0 Å². The minimum atomic E-state index is 0.0951. The van der Waals surface area contributed by atoms with E-state index in [0.717, 1.165) is 11.1 Å². The molecule has 1 fully saturated rings. The van der Waals surface area contributed by atoms with E-state index in [4.69, 9.17) is 5.11 Å². The zero-order valence-corrected chi connectivity index (χ0v) is 10.1. The molecule has 1 aliphatic heterocycles. The third-order valence-corrected chi connectivity index (χ3v) is 3.55. The van der Waals surface area contributed by atoms with E-state index in [1.807, 2.05) is 17.2 Å². The average Bonchev–Trinajstić information content (AvgIpc) is 2.96. The Labute approximate surface area is 105 Å². The monoisotopic (exact) mass is 244 g/mol. The number of nitrogens with zero attached hydrogens (tertiary/aromatic N) is 1. The summed E-state index contributed by atoms with van der Waals surface area (Å²) in [4.78, 5) is 16.8. The number of fused-ring (bicyclic) bond motifs is 1. The first-order chi connectivity index (χ1) is 8.76. The highest BCUT2D eigenvalue weighted by Crippen LogP contribution is 2.21. The van der Waals surface area contributed by atoms with E-state index in [1.54, 1.807) is 0 Å². The highest BCUT2D eigenvalue weighted by Gasteiger charge is 2.28. The fourth-order valence-electron chi connectivity index (χ4n) is 2.54. The predicted octanol–water partition coefficient (Wildman–Crippen LogP) is 1.51. The van der Waals surface area contributed by atoms with E-state index in [1.165, 1.54) is 5.39 Å². The Balaban J connectivity index is 1.77. The van der Waals surface area contributed by atoms with Crippen molar-refractivity contribution in [1.82, 2.24) is 9.88 Å². The normalized spacial score (nSPS) is 19.9. The molecule has 0 saturated carbocycles. The lowest BCUT2D eigenvalue weighted by atomic mass is 10.1. The summed E-state index contributed by atoms with van der Waals surface area (Å²) in [6, 6.07) is 8.22. The molecule has 1 atom stereocenters. The van der Waals surface area contributed by atoms with Crippen molar-refractivity contribution >= 4 is 16.8 Å². The summed E-state index contributed by atoms with van der Waals surface area (Å²) in [6.07, 6.45) is 2.39. The highest BCUT2D eigenvalue weighted by molar-refractivity contribution is 5.81. The minimum Gasteiger partial charge on any atom is -0.396 e. The Bertz CT molecular complexity index is 576. The highest BCUT2D eigenvalue weighted by atomic mass is 16.3. The lowest BCUT2D eigenvalue weighted by Gasteiger charge is -2.16. The van der Waals surface area contributed by atoms with E-state index in [2.05, 4.69) is 23.2 Å². The molecule has 0 radical (unpaired) electrons. The summed E-state index contributed by atoms with van der Waals surface area (Å²) < 4.78 is 0. The van der Waals surface area contributed by atoms with Crippen molar-refractivity contribution in [3.63, 3.8) is 0 Å². The summed E-state index contributed by atoms with van der Waals surface area (Å²) >= 11 is 0. The van der Waals surface area contributed by atoms with Crippen LogP contribution in [-0.4, -0.2) is 34.0 Å². The maximum atomic E-state index is 11.8. The lowest BCUT2D eigenvalue weighted by molar-refractivity contribution is -0.128. The van der Waals surface area contributed by atoms with Gasteiger partial charge in [0.25, 0.3) is 0 Å². The number of amides is 1. The number of carbonyl (C=O) groups is 1. The zero-order valence-electron chi connectivity index (χ0n) is 10.1. The standard InChI is InChI=1S/C14H16N2O2/c17-9-11-6-14(18)16(8-11)7-10-1-2-12-3-4-15-13(12)5-10/h1-5,11,15,17H,6-9H2. The summed E-state index contributed by atoms with van der Waals surface area (Å²) in [5.74, 6) is 0.243. The van der Waals surface area contributed by atoms with Gasteiger partial charge in [0.2, 0.25) is 5.91 Å². The minimum absolute atomic E-state index is 0.0951. The zero-order chi connectivity index (χ0) is 12.5. The van der Waals surface area contributed by atoms with Gasteiger partial charge in [-0.25, -0.2) is 0 Å². The molecule has 1 amide bonds. The van der Waals surface area contributed by atoms with Gasteiger partial charge in [-0.15, -0.1) is 0 Å². The number of H-pyrrole nitrogens is 1. The van der Waals surface area contributed by atoms with Crippen molar-refractivity contribution in [2.24, 2.45) is 5.92 Å². The van der Waals surface area contributed by atoms with Crippen molar-refractivity contribution < 1.29 is 9.90 Å². The molecule has 2 aromatic rings. The molecule has 1 aromatic heterocycles. The molecule has 4 heteroatoms. The molecule has 4 nitrogen and oxygen atoms in total. The molecule has 0 spiro atoms. The summed E-state index contributed by atoms with van der Waals surface area (Å²) in [6.45, 7) is 1.39. The molecule has 0 aliphatic carbocycles. The second-order valence-electron chi connectivity index (χ2n) is 4.93. The number of hydrogen-bond donors (Lipinski definition) is 2. The van der Waals surface area contributed by atoms with Crippen LogP contribution in [0.4, 0.5) is 0 Å². The Hall–Kier alpha value is -1.81. The van der Waals surface area contributed by atoms with Crippen molar-refractivity contribution in [2.75, 3.05) is 13.2 Å². The molecular weight excluding hydrogens is 228 g/mol. The van der Waals surface area contributed by atoms with Crippen LogP contribution in [0.15, 0.2) is 30.5 Å². The van der Waals surface area contributed by atoms with Gasteiger partial charge in [-0.2, -0.15) is 0 Å². The Morgan fingerprint density at radius 2 is 2.28 bits per heavy atom. The molecule has 3 rings (SSSR count). The van der Waals surface area contributed by atoms with Crippen molar-refractivity contribution in [3.8, 4) is 0 Å². The molecular formula is C14H16N2O2. The first kappa shape index (κ1) is 11.3. The van der Waals surface area contributed by atoms with Crippen LogP contribution >= 0.6 is 0 Å². The molecule has 94 valence electrons. The summed E-state index contributed by atoms with van der Waals surface area (Å²) in [5, 5.41) is 10.3. The molecule has 2 heterocycles. The Morgan fingerprint density at radius 1 is 1.39 bits per heavy atom. The number of aromatic nitrogens is 1. The van der Waals surface area contributed by atoms with Crippen molar-refractivity contribution in [2.45, 2.75) is 13.0 Å². The SMILES string of the molecule is O=C1CC(CO)CN1Cc1ccc2cc[nH]c2c1. The van der Waals surface area contributed by atoms with Gasteiger partial charge in [-0.05, 0) is 23.1 Å². The summed E-state index contributed by atoms with van der Waals surface area (Å²) in [7, 11) is 0. The van der Waals surface area contributed by atoms with Gasteiger partial charge in [0.1, 0.15) is 0 Å². The second-order valence-corrected chi connectivity index (χ2v) is 4.93. The van der Waals surface area contributed by atoms with Gasteiger partial charge < -0.3 is 15.0 Å². The topological polar surface area (TPSA) is 56.3 Å². The molecule has 1 aliphatic rings. The van der Waals surface area contributed by atoms with Gasteiger partial charge >= 0.3 is 0 Å². The maximum absolute atomic E-state index is 11.8. The number of rotatable bonds is 3. The average molecular weight is 244 g/mol. The van der Waals surface area contributed by atoms with Crippen molar-refractivity contribution in [1.29, 1.82) is 0 Å². The molecule has 1 aromatic carbocycles. The number of benzene rings is 1. The molecule has 2 N–H and O–H groups in total. The first-order valence-electron chi connectivity index (χ1n) is 6.21.